The van der Waals surface area contributed by atoms with Crippen molar-refractivity contribution < 1.29 is 9.50 Å². The molecule has 0 spiro atoms. The van der Waals surface area contributed by atoms with Crippen LogP contribution in [0, 0.1) is 5.82 Å². The molecule has 100 valence electrons. The summed E-state index contributed by atoms with van der Waals surface area (Å²) in [6.07, 6.45) is 0. The molecule has 19 heavy (non-hydrogen) atoms. The zero-order valence-electron chi connectivity index (χ0n) is 10.5. The number of phenols is 1. The summed E-state index contributed by atoms with van der Waals surface area (Å²) >= 11 is 3.24. The van der Waals surface area contributed by atoms with Crippen LogP contribution in [-0.4, -0.2) is 5.11 Å². The zero-order chi connectivity index (χ0) is 13.8. The SMILES string of the molecule is CC(NCc1ccc(O)cc1)c1ccc(Br)cc1F. The van der Waals surface area contributed by atoms with Gasteiger partial charge in [0.15, 0.2) is 0 Å². The van der Waals surface area contributed by atoms with Crippen LogP contribution < -0.4 is 5.32 Å². The third-order valence-corrected chi connectivity index (χ3v) is 3.47. The summed E-state index contributed by atoms with van der Waals surface area (Å²) in [7, 11) is 0. The minimum absolute atomic E-state index is 0.0816. The first-order chi connectivity index (χ1) is 9.06. The Labute approximate surface area is 120 Å². The van der Waals surface area contributed by atoms with Gasteiger partial charge in [-0.2, -0.15) is 0 Å². The monoisotopic (exact) mass is 323 g/mol. The fourth-order valence-electron chi connectivity index (χ4n) is 1.85. The Bertz CT molecular complexity index is 557. The number of rotatable bonds is 4. The minimum atomic E-state index is -0.222. The summed E-state index contributed by atoms with van der Waals surface area (Å²) in [5, 5.41) is 12.5. The normalized spacial score (nSPS) is 12.4. The van der Waals surface area contributed by atoms with Crippen LogP contribution in [-0.2, 0) is 6.54 Å². The van der Waals surface area contributed by atoms with Crippen molar-refractivity contribution in [3.8, 4) is 5.75 Å². The van der Waals surface area contributed by atoms with Gasteiger partial charge in [-0.05, 0) is 36.8 Å². The van der Waals surface area contributed by atoms with E-state index in [-0.39, 0.29) is 17.6 Å². The van der Waals surface area contributed by atoms with Crippen molar-refractivity contribution in [3.63, 3.8) is 0 Å². The van der Waals surface area contributed by atoms with Crippen LogP contribution in [0.15, 0.2) is 46.9 Å². The standard InChI is InChI=1S/C15H15BrFNO/c1-10(14-7-4-12(16)8-15(14)17)18-9-11-2-5-13(19)6-3-11/h2-8,10,18-19H,9H2,1H3. The van der Waals surface area contributed by atoms with E-state index in [1.165, 1.54) is 6.07 Å². The maximum atomic E-state index is 13.8. The van der Waals surface area contributed by atoms with Crippen LogP contribution in [0.1, 0.15) is 24.1 Å². The molecule has 0 aliphatic carbocycles. The van der Waals surface area contributed by atoms with E-state index >= 15 is 0 Å². The van der Waals surface area contributed by atoms with Crippen molar-refractivity contribution in [2.45, 2.75) is 19.5 Å². The lowest BCUT2D eigenvalue weighted by Crippen LogP contribution is -2.19. The van der Waals surface area contributed by atoms with Crippen molar-refractivity contribution in [1.29, 1.82) is 0 Å². The Morgan fingerprint density at radius 3 is 2.53 bits per heavy atom. The quantitative estimate of drug-likeness (QED) is 0.886. The molecule has 0 aromatic heterocycles. The largest absolute Gasteiger partial charge is 0.508 e. The van der Waals surface area contributed by atoms with E-state index in [1.54, 1.807) is 18.2 Å². The van der Waals surface area contributed by atoms with Crippen LogP contribution >= 0.6 is 15.9 Å². The third-order valence-electron chi connectivity index (χ3n) is 2.98. The number of phenolic OH excluding ortho intramolecular Hbond substituents is 1. The molecule has 2 aromatic carbocycles. The lowest BCUT2D eigenvalue weighted by atomic mass is 10.1. The molecule has 0 aliphatic heterocycles. The second kappa shape index (κ2) is 6.17. The molecule has 0 heterocycles. The maximum Gasteiger partial charge on any atom is 0.129 e. The Morgan fingerprint density at radius 2 is 1.89 bits per heavy atom. The Kier molecular flexibility index (Phi) is 4.56. The molecule has 1 atom stereocenters. The van der Waals surface area contributed by atoms with Crippen molar-refractivity contribution in [2.24, 2.45) is 0 Å². The highest BCUT2D eigenvalue weighted by Gasteiger charge is 2.10. The van der Waals surface area contributed by atoms with Crippen LogP contribution in [0.2, 0.25) is 0 Å². The molecule has 0 bridgehead atoms. The topological polar surface area (TPSA) is 32.3 Å². The van der Waals surface area contributed by atoms with Crippen LogP contribution in [0.4, 0.5) is 4.39 Å². The average molecular weight is 324 g/mol. The molecule has 2 aromatic rings. The molecule has 2 rings (SSSR count). The van der Waals surface area contributed by atoms with Gasteiger partial charge in [0.05, 0.1) is 0 Å². The van der Waals surface area contributed by atoms with Gasteiger partial charge >= 0.3 is 0 Å². The lowest BCUT2D eigenvalue weighted by Gasteiger charge is -2.15. The first-order valence-corrected chi connectivity index (χ1v) is 6.82. The summed E-state index contributed by atoms with van der Waals surface area (Å²) in [6.45, 7) is 2.55. The molecule has 0 radical (unpaired) electrons. The van der Waals surface area contributed by atoms with Gasteiger partial charge in [0.25, 0.3) is 0 Å². The molecule has 2 nitrogen and oxygen atoms in total. The Hall–Kier alpha value is -1.39. The number of hydrogen-bond acceptors (Lipinski definition) is 2. The predicted octanol–water partition coefficient (Wildman–Crippen LogP) is 4.14. The van der Waals surface area contributed by atoms with Crippen LogP contribution in [0.5, 0.6) is 5.75 Å². The van der Waals surface area contributed by atoms with E-state index in [1.807, 2.05) is 25.1 Å². The summed E-state index contributed by atoms with van der Waals surface area (Å²) in [6, 6.07) is 11.9. The summed E-state index contributed by atoms with van der Waals surface area (Å²) in [5.74, 6) is 0.0239. The van der Waals surface area contributed by atoms with Crippen molar-refractivity contribution in [2.75, 3.05) is 0 Å². The van der Waals surface area contributed by atoms with Gasteiger partial charge < -0.3 is 10.4 Å². The molecule has 2 N–H and O–H groups in total. The Balaban J connectivity index is 2.01. The van der Waals surface area contributed by atoms with Crippen LogP contribution in [0.25, 0.3) is 0 Å². The van der Waals surface area contributed by atoms with Crippen molar-refractivity contribution >= 4 is 15.9 Å². The molecule has 0 fully saturated rings. The van der Waals surface area contributed by atoms with Gasteiger partial charge in [-0.15, -0.1) is 0 Å². The van der Waals surface area contributed by atoms with Gasteiger partial charge in [0.1, 0.15) is 11.6 Å². The summed E-state index contributed by atoms with van der Waals surface area (Å²) in [4.78, 5) is 0. The Morgan fingerprint density at radius 1 is 1.21 bits per heavy atom. The first kappa shape index (κ1) is 14.0. The second-order valence-electron chi connectivity index (χ2n) is 4.43. The molecular weight excluding hydrogens is 309 g/mol. The number of aromatic hydroxyl groups is 1. The highest BCUT2D eigenvalue weighted by molar-refractivity contribution is 9.10. The fraction of sp³-hybridized carbons (Fsp3) is 0.200. The van der Waals surface area contributed by atoms with E-state index in [2.05, 4.69) is 21.2 Å². The van der Waals surface area contributed by atoms with Gasteiger partial charge in [-0.3, -0.25) is 0 Å². The number of halogens is 2. The van der Waals surface area contributed by atoms with Crippen molar-refractivity contribution in [1.82, 2.24) is 5.32 Å². The maximum absolute atomic E-state index is 13.8. The van der Waals surface area contributed by atoms with E-state index < -0.39 is 0 Å². The van der Waals surface area contributed by atoms with E-state index in [9.17, 15) is 9.50 Å². The molecule has 0 saturated carbocycles. The zero-order valence-corrected chi connectivity index (χ0v) is 12.1. The molecule has 1 unspecified atom stereocenters. The predicted molar refractivity (Wildman–Crippen MR) is 77.5 cm³/mol. The fourth-order valence-corrected chi connectivity index (χ4v) is 2.18. The lowest BCUT2D eigenvalue weighted by molar-refractivity contribution is 0.474. The van der Waals surface area contributed by atoms with E-state index in [0.29, 0.717) is 12.1 Å². The smallest absolute Gasteiger partial charge is 0.129 e. The van der Waals surface area contributed by atoms with Gasteiger partial charge in [0.2, 0.25) is 0 Å². The molecular formula is C15H15BrFNO. The number of nitrogens with one attached hydrogen (secondary N) is 1. The first-order valence-electron chi connectivity index (χ1n) is 6.02. The second-order valence-corrected chi connectivity index (χ2v) is 5.35. The minimum Gasteiger partial charge on any atom is -0.508 e. The number of hydrogen-bond donors (Lipinski definition) is 2. The van der Waals surface area contributed by atoms with Crippen molar-refractivity contribution in [3.05, 3.63) is 63.9 Å². The molecule has 4 heteroatoms. The number of benzene rings is 2. The summed E-state index contributed by atoms with van der Waals surface area (Å²) < 4.78 is 14.5. The van der Waals surface area contributed by atoms with Gasteiger partial charge in [-0.1, -0.05) is 34.1 Å². The van der Waals surface area contributed by atoms with Gasteiger partial charge in [0, 0.05) is 22.6 Å². The molecule has 0 aliphatic rings. The summed E-state index contributed by atoms with van der Waals surface area (Å²) in [5.41, 5.74) is 1.68. The van der Waals surface area contributed by atoms with Gasteiger partial charge in [-0.25, -0.2) is 4.39 Å². The highest BCUT2D eigenvalue weighted by Crippen LogP contribution is 2.21. The highest BCUT2D eigenvalue weighted by atomic mass is 79.9. The van der Waals surface area contributed by atoms with E-state index in [0.717, 1.165) is 10.0 Å². The average Bonchev–Trinajstić information content (AvgIpc) is 2.37. The third kappa shape index (κ3) is 3.78. The molecule has 0 amide bonds. The van der Waals surface area contributed by atoms with Crippen LogP contribution in [0.3, 0.4) is 0 Å². The van der Waals surface area contributed by atoms with E-state index in [4.69, 9.17) is 0 Å². The molecule has 0 saturated heterocycles.